The minimum Gasteiger partial charge on any atom is -0.454 e. The summed E-state index contributed by atoms with van der Waals surface area (Å²) in [7, 11) is -9.27. The summed E-state index contributed by atoms with van der Waals surface area (Å²) >= 11 is 0. The maximum Gasteiger partial charge on any atom is 0.298 e. The van der Waals surface area contributed by atoms with Gasteiger partial charge in [0.1, 0.15) is 9.79 Å². The van der Waals surface area contributed by atoms with Crippen molar-refractivity contribution in [2.45, 2.75) is 87.8 Å². The highest BCUT2D eigenvalue weighted by Crippen LogP contribution is 2.39. The van der Waals surface area contributed by atoms with E-state index in [0.29, 0.717) is 24.0 Å². The van der Waals surface area contributed by atoms with E-state index in [9.17, 15) is 25.9 Å². The highest BCUT2D eigenvalue weighted by Gasteiger charge is 2.25. The van der Waals surface area contributed by atoms with Crippen LogP contribution in [0.15, 0.2) is 46.2 Å². The van der Waals surface area contributed by atoms with Gasteiger partial charge in [0.15, 0.2) is 11.5 Å². The Labute approximate surface area is 197 Å². The SMILES string of the molecule is CCCCCCc1cccc(S(=O)(=O)O)c1Oc1c(CCCCCC)cccc1S(=O)(=O)O. The quantitative estimate of drug-likeness (QED) is 0.234. The number of benzene rings is 2. The van der Waals surface area contributed by atoms with Crippen molar-refractivity contribution in [1.29, 1.82) is 0 Å². The fourth-order valence-electron chi connectivity index (χ4n) is 3.74. The molecule has 2 aromatic carbocycles. The maximum atomic E-state index is 12.1. The molecule has 0 atom stereocenters. The number of unbranched alkanes of at least 4 members (excludes halogenated alkanes) is 6. The molecule has 9 heteroatoms. The molecular weight excluding hydrogens is 464 g/mol. The normalized spacial score (nSPS) is 12.1. The zero-order valence-corrected chi connectivity index (χ0v) is 20.9. The van der Waals surface area contributed by atoms with Crippen LogP contribution < -0.4 is 4.74 Å². The number of ether oxygens (including phenoxy) is 1. The van der Waals surface area contributed by atoms with Gasteiger partial charge in [-0.3, -0.25) is 9.11 Å². The number of rotatable bonds is 14. The van der Waals surface area contributed by atoms with Crippen molar-refractivity contribution in [2.24, 2.45) is 0 Å². The molecule has 0 aliphatic rings. The number of hydrogen-bond donors (Lipinski definition) is 2. The lowest BCUT2D eigenvalue weighted by Crippen LogP contribution is -2.08. The number of aryl methyl sites for hydroxylation is 2. The van der Waals surface area contributed by atoms with Crippen molar-refractivity contribution in [3.63, 3.8) is 0 Å². The summed E-state index contributed by atoms with van der Waals surface area (Å²) in [6.45, 7) is 4.17. The molecule has 2 rings (SSSR count). The van der Waals surface area contributed by atoms with Gasteiger partial charge < -0.3 is 4.74 Å². The fourth-order valence-corrected chi connectivity index (χ4v) is 5.06. The van der Waals surface area contributed by atoms with Crippen LogP contribution in [0.3, 0.4) is 0 Å². The first kappa shape index (κ1) is 27.3. The lowest BCUT2D eigenvalue weighted by molar-refractivity contribution is 0.423. The molecule has 0 aliphatic carbocycles. The summed E-state index contributed by atoms with van der Waals surface area (Å²) in [5.41, 5.74) is 1.09. The van der Waals surface area contributed by atoms with Gasteiger partial charge in [0.2, 0.25) is 0 Å². The molecule has 0 aliphatic heterocycles. The molecule has 0 saturated carbocycles. The second kappa shape index (κ2) is 12.5. The smallest absolute Gasteiger partial charge is 0.298 e. The molecule has 0 spiro atoms. The van der Waals surface area contributed by atoms with Gasteiger partial charge in [0.05, 0.1) is 0 Å². The summed E-state index contributed by atoms with van der Waals surface area (Å²) in [5.74, 6) is -0.218. The fraction of sp³-hybridized carbons (Fsp3) is 0.500. The standard InChI is InChI=1S/C24H34O7S2/c1-3-5-7-9-13-19-15-11-17-21(32(25,26)27)23(19)31-24-20(14-10-8-6-4-2)16-12-18-22(24)33(28,29)30/h11-12,15-18H,3-10,13-14H2,1-2H3,(H,25,26,27)(H,28,29,30). The van der Waals surface area contributed by atoms with E-state index in [2.05, 4.69) is 13.8 Å². The first-order chi connectivity index (χ1) is 15.6. The first-order valence-electron chi connectivity index (χ1n) is 11.5. The molecule has 0 bridgehead atoms. The summed E-state index contributed by atoms with van der Waals surface area (Å²) in [6, 6.07) is 8.88. The van der Waals surface area contributed by atoms with Gasteiger partial charge in [-0.25, -0.2) is 0 Å². The Kier molecular flexibility index (Phi) is 10.3. The van der Waals surface area contributed by atoms with Crippen LogP contribution in [0.5, 0.6) is 11.5 Å². The van der Waals surface area contributed by atoms with Crippen LogP contribution in [0.1, 0.15) is 76.3 Å². The molecule has 0 radical (unpaired) electrons. The molecule has 0 unspecified atom stereocenters. The molecule has 0 saturated heterocycles. The van der Waals surface area contributed by atoms with Crippen LogP contribution in [0.2, 0.25) is 0 Å². The van der Waals surface area contributed by atoms with Gasteiger partial charge in [0, 0.05) is 0 Å². The molecule has 0 fully saturated rings. The Balaban J connectivity index is 2.57. The highest BCUT2D eigenvalue weighted by molar-refractivity contribution is 7.86. The van der Waals surface area contributed by atoms with E-state index in [1.807, 2.05) is 0 Å². The van der Waals surface area contributed by atoms with Gasteiger partial charge in [-0.05, 0) is 48.9 Å². The second-order valence-corrected chi connectivity index (χ2v) is 10.9. The monoisotopic (exact) mass is 498 g/mol. The summed E-state index contributed by atoms with van der Waals surface area (Å²) in [4.78, 5) is -0.866. The van der Waals surface area contributed by atoms with Gasteiger partial charge in [-0.1, -0.05) is 76.6 Å². The minimum absolute atomic E-state index is 0.109. The zero-order valence-electron chi connectivity index (χ0n) is 19.3. The largest absolute Gasteiger partial charge is 0.454 e. The Morgan fingerprint density at radius 1 is 0.636 bits per heavy atom. The van der Waals surface area contributed by atoms with E-state index in [1.165, 1.54) is 24.3 Å². The van der Waals surface area contributed by atoms with Crippen molar-refractivity contribution in [3.05, 3.63) is 47.5 Å². The summed E-state index contributed by atoms with van der Waals surface area (Å²) in [5, 5.41) is 0. The Morgan fingerprint density at radius 3 is 1.36 bits per heavy atom. The van der Waals surface area contributed by atoms with Crippen molar-refractivity contribution in [3.8, 4) is 11.5 Å². The molecule has 33 heavy (non-hydrogen) atoms. The van der Waals surface area contributed by atoms with E-state index >= 15 is 0 Å². The van der Waals surface area contributed by atoms with Gasteiger partial charge >= 0.3 is 0 Å². The van der Waals surface area contributed by atoms with Crippen LogP contribution in [0.4, 0.5) is 0 Å². The molecular formula is C24H34O7S2. The Hall–Kier alpha value is -1.94. The number of para-hydroxylation sites is 2. The summed E-state index contributed by atoms with van der Waals surface area (Å²) < 4.78 is 74.0. The van der Waals surface area contributed by atoms with Crippen LogP contribution in [-0.2, 0) is 33.1 Å². The van der Waals surface area contributed by atoms with Crippen molar-refractivity contribution in [2.75, 3.05) is 0 Å². The van der Waals surface area contributed by atoms with Gasteiger partial charge in [-0.15, -0.1) is 0 Å². The number of hydrogen-bond acceptors (Lipinski definition) is 5. The van der Waals surface area contributed by atoms with E-state index < -0.39 is 30.0 Å². The van der Waals surface area contributed by atoms with Gasteiger partial charge in [-0.2, -0.15) is 16.8 Å². The zero-order chi connectivity index (χ0) is 24.5. The molecule has 0 aromatic heterocycles. The average molecular weight is 499 g/mol. The molecule has 0 heterocycles. The van der Waals surface area contributed by atoms with Crippen LogP contribution >= 0.6 is 0 Å². The van der Waals surface area contributed by atoms with Gasteiger partial charge in [0.25, 0.3) is 20.2 Å². The predicted octanol–water partition coefficient (Wildman–Crippen LogP) is 6.22. The molecule has 184 valence electrons. The topological polar surface area (TPSA) is 118 Å². The van der Waals surface area contributed by atoms with Crippen molar-refractivity contribution in [1.82, 2.24) is 0 Å². The van der Waals surface area contributed by atoms with Crippen LogP contribution in [0, 0.1) is 0 Å². The molecule has 2 N–H and O–H groups in total. The Morgan fingerprint density at radius 2 is 1.03 bits per heavy atom. The lowest BCUT2D eigenvalue weighted by Gasteiger charge is -2.18. The van der Waals surface area contributed by atoms with Crippen LogP contribution in [0.25, 0.3) is 0 Å². The van der Waals surface area contributed by atoms with Crippen LogP contribution in [-0.4, -0.2) is 25.9 Å². The highest BCUT2D eigenvalue weighted by atomic mass is 32.2. The average Bonchev–Trinajstić information content (AvgIpc) is 2.74. The summed E-state index contributed by atoms with van der Waals surface area (Å²) in [6.07, 6.45) is 8.58. The van der Waals surface area contributed by atoms with E-state index in [1.54, 1.807) is 12.1 Å². The predicted molar refractivity (Wildman–Crippen MR) is 128 cm³/mol. The van der Waals surface area contributed by atoms with E-state index in [4.69, 9.17) is 4.74 Å². The third kappa shape index (κ3) is 8.10. The minimum atomic E-state index is -4.63. The molecule has 7 nitrogen and oxygen atoms in total. The van der Waals surface area contributed by atoms with E-state index in [-0.39, 0.29) is 11.5 Å². The first-order valence-corrected chi connectivity index (χ1v) is 14.3. The maximum absolute atomic E-state index is 12.1. The van der Waals surface area contributed by atoms with Crippen molar-refractivity contribution >= 4 is 20.2 Å². The van der Waals surface area contributed by atoms with Crippen molar-refractivity contribution < 1.29 is 30.7 Å². The Bertz CT molecular complexity index is 1030. The second-order valence-electron chi connectivity index (χ2n) is 8.16. The lowest BCUT2D eigenvalue weighted by atomic mass is 10.0. The third-order valence-corrected chi connectivity index (χ3v) is 7.23. The third-order valence-electron chi connectivity index (χ3n) is 5.48. The van der Waals surface area contributed by atoms with E-state index in [0.717, 1.165) is 51.4 Å². The molecule has 2 aromatic rings. The molecule has 0 amide bonds.